The summed E-state index contributed by atoms with van der Waals surface area (Å²) in [6.45, 7) is 6.45. The van der Waals surface area contributed by atoms with Crippen LogP contribution in [0.2, 0.25) is 0 Å². The van der Waals surface area contributed by atoms with Gasteiger partial charge in [0.15, 0.2) is 5.11 Å². The molecule has 3 rings (SSSR count). The van der Waals surface area contributed by atoms with Gasteiger partial charge in [0.2, 0.25) is 0 Å². The molecule has 0 atom stereocenters. The molecule has 1 aromatic heterocycles. The summed E-state index contributed by atoms with van der Waals surface area (Å²) in [6, 6.07) is 13.0. The van der Waals surface area contributed by atoms with Gasteiger partial charge in [0.25, 0.3) is 0 Å². The minimum absolute atomic E-state index is 0.200. The number of halogens is 3. The van der Waals surface area contributed by atoms with Gasteiger partial charge in [0.1, 0.15) is 0 Å². The van der Waals surface area contributed by atoms with E-state index in [0.29, 0.717) is 6.54 Å². The van der Waals surface area contributed by atoms with E-state index in [1.807, 2.05) is 43.7 Å². The second-order valence-electron chi connectivity index (χ2n) is 6.79. The van der Waals surface area contributed by atoms with Crippen LogP contribution in [0.15, 0.2) is 48.5 Å². The van der Waals surface area contributed by atoms with E-state index in [1.165, 1.54) is 17.7 Å². The molecule has 0 aliphatic carbocycles. The van der Waals surface area contributed by atoms with Crippen LogP contribution in [0.4, 0.5) is 24.5 Å². The molecule has 0 fully saturated rings. The zero-order valence-electron chi connectivity index (χ0n) is 16.3. The van der Waals surface area contributed by atoms with Gasteiger partial charge in [-0.1, -0.05) is 30.3 Å². The maximum atomic E-state index is 12.9. The Balaban J connectivity index is 1.74. The highest BCUT2D eigenvalue weighted by atomic mass is 32.1. The van der Waals surface area contributed by atoms with Gasteiger partial charge in [-0.25, -0.2) is 0 Å². The van der Waals surface area contributed by atoms with Crippen molar-refractivity contribution >= 4 is 28.7 Å². The quantitative estimate of drug-likeness (QED) is 0.535. The Hall–Kier alpha value is -2.87. The first-order valence-electron chi connectivity index (χ1n) is 8.99. The van der Waals surface area contributed by atoms with Crippen LogP contribution >= 0.6 is 12.2 Å². The van der Waals surface area contributed by atoms with E-state index in [0.717, 1.165) is 34.8 Å². The molecule has 4 nitrogen and oxygen atoms in total. The topological polar surface area (TPSA) is 41.9 Å². The van der Waals surface area contributed by atoms with E-state index in [1.54, 1.807) is 0 Å². The molecule has 0 bridgehead atoms. The fourth-order valence-corrected chi connectivity index (χ4v) is 3.25. The van der Waals surface area contributed by atoms with Gasteiger partial charge >= 0.3 is 6.18 Å². The molecule has 0 radical (unpaired) electrons. The normalized spacial score (nSPS) is 11.4. The molecule has 0 amide bonds. The summed E-state index contributed by atoms with van der Waals surface area (Å²) in [6.07, 6.45) is -4.41. The molecule has 0 saturated carbocycles. The lowest BCUT2D eigenvalue weighted by Gasteiger charge is -2.13. The molecule has 152 valence electrons. The third kappa shape index (κ3) is 4.95. The summed E-state index contributed by atoms with van der Waals surface area (Å²) in [4.78, 5) is 0. The van der Waals surface area contributed by atoms with E-state index < -0.39 is 11.7 Å². The monoisotopic (exact) mass is 418 g/mol. The van der Waals surface area contributed by atoms with Crippen molar-refractivity contribution in [3.8, 4) is 0 Å². The van der Waals surface area contributed by atoms with Crippen molar-refractivity contribution in [2.24, 2.45) is 0 Å². The second-order valence-corrected chi connectivity index (χ2v) is 7.20. The molecular formula is C21H21F3N4S. The van der Waals surface area contributed by atoms with Crippen molar-refractivity contribution in [2.75, 3.05) is 10.6 Å². The summed E-state index contributed by atoms with van der Waals surface area (Å²) >= 11 is 5.29. The molecule has 0 spiro atoms. The smallest absolute Gasteiger partial charge is 0.332 e. The number of thiocarbonyl (C=S) groups is 1. The van der Waals surface area contributed by atoms with Gasteiger partial charge in [-0.05, 0) is 62.3 Å². The van der Waals surface area contributed by atoms with E-state index >= 15 is 0 Å². The summed E-state index contributed by atoms with van der Waals surface area (Å²) in [5, 5.41) is 10.6. The summed E-state index contributed by atoms with van der Waals surface area (Å²) in [5.41, 5.74) is 4.25. The number of nitrogens with one attached hydrogen (secondary N) is 2. The number of benzene rings is 2. The molecule has 3 aromatic rings. The van der Waals surface area contributed by atoms with Crippen LogP contribution in [-0.4, -0.2) is 14.9 Å². The predicted octanol–water partition coefficient (Wildman–Crippen LogP) is 5.68. The first-order valence-corrected chi connectivity index (χ1v) is 9.40. The lowest BCUT2D eigenvalue weighted by molar-refractivity contribution is -0.137. The Kier molecular flexibility index (Phi) is 5.93. The van der Waals surface area contributed by atoms with E-state index in [-0.39, 0.29) is 10.8 Å². The number of anilines is 2. The summed E-state index contributed by atoms with van der Waals surface area (Å²) in [5.74, 6) is 0. The fraction of sp³-hybridized carbons (Fsp3) is 0.238. The largest absolute Gasteiger partial charge is 0.416 e. The Morgan fingerprint density at radius 3 is 2.45 bits per heavy atom. The average molecular weight is 418 g/mol. The molecule has 8 heteroatoms. The number of alkyl halides is 3. The molecule has 0 aliphatic heterocycles. The predicted molar refractivity (Wildman–Crippen MR) is 113 cm³/mol. The van der Waals surface area contributed by atoms with Gasteiger partial charge < -0.3 is 10.6 Å². The lowest BCUT2D eigenvalue weighted by Crippen LogP contribution is -2.20. The minimum Gasteiger partial charge on any atom is -0.332 e. The van der Waals surface area contributed by atoms with Gasteiger partial charge in [0.05, 0.1) is 29.2 Å². The zero-order valence-corrected chi connectivity index (χ0v) is 17.1. The van der Waals surface area contributed by atoms with E-state index in [4.69, 9.17) is 12.2 Å². The Morgan fingerprint density at radius 2 is 1.76 bits per heavy atom. The average Bonchev–Trinajstić information content (AvgIpc) is 2.90. The third-order valence-electron chi connectivity index (χ3n) is 4.65. The van der Waals surface area contributed by atoms with Crippen molar-refractivity contribution in [3.05, 3.63) is 76.6 Å². The zero-order chi connectivity index (χ0) is 21.2. The van der Waals surface area contributed by atoms with Crippen molar-refractivity contribution in [3.63, 3.8) is 0 Å². The van der Waals surface area contributed by atoms with Crippen molar-refractivity contribution in [1.82, 2.24) is 9.78 Å². The van der Waals surface area contributed by atoms with Crippen molar-refractivity contribution in [2.45, 2.75) is 33.5 Å². The summed E-state index contributed by atoms with van der Waals surface area (Å²) < 4.78 is 40.5. The number of hydrogen-bond donors (Lipinski definition) is 2. The number of hydrogen-bond acceptors (Lipinski definition) is 2. The second kappa shape index (κ2) is 8.24. The third-order valence-corrected chi connectivity index (χ3v) is 4.85. The number of nitrogens with zero attached hydrogens (tertiary/aromatic N) is 2. The van der Waals surface area contributed by atoms with Crippen LogP contribution in [0, 0.1) is 20.8 Å². The number of rotatable bonds is 4. The lowest BCUT2D eigenvalue weighted by atomic mass is 10.1. The molecule has 0 saturated heterocycles. The van der Waals surface area contributed by atoms with Gasteiger partial charge in [-0.15, -0.1) is 0 Å². The van der Waals surface area contributed by atoms with Crippen LogP contribution in [0.3, 0.4) is 0 Å². The highest BCUT2D eigenvalue weighted by molar-refractivity contribution is 7.80. The Bertz CT molecular complexity index is 1040. The first kappa shape index (κ1) is 20.9. The fourth-order valence-electron chi connectivity index (χ4n) is 3.03. The molecular weight excluding hydrogens is 397 g/mol. The van der Waals surface area contributed by atoms with Crippen molar-refractivity contribution in [1.29, 1.82) is 0 Å². The van der Waals surface area contributed by atoms with E-state index in [9.17, 15) is 13.2 Å². The maximum absolute atomic E-state index is 12.9. The van der Waals surface area contributed by atoms with Crippen LogP contribution in [-0.2, 0) is 12.7 Å². The minimum atomic E-state index is -4.41. The highest BCUT2D eigenvalue weighted by Gasteiger charge is 2.30. The Morgan fingerprint density at radius 1 is 1.03 bits per heavy atom. The molecule has 2 aromatic carbocycles. The van der Waals surface area contributed by atoms with Crippen LogP contribution in [0.5, 0.6) is 0 Å². The highest BCUT2D eigenvalue weighted by Crippen LogP contribution is 2.30. The van der Waals surface area contributed by atoms with Crippen molar-refractivity contribution < 1.29 is 13.2 Å². The van der Waals surface area contributed by atoms with Gasteiger partial charge in [-0.3, -0.25) is 4.68 Å². The van der Waals surface area contributed by atoms with Gasteiger partial charge in [-0.2, -0.15) is 18.3 Å². The molecule has 29 heavy (non-hydrogen) atoms. The molecule has 1 heterocycles. The number of aromatic nitrogens is 2. The number of aryl methyl sites for hydroxylation is 2. The molecule has 0 aliphatic rings. The van der Waals surface area contributed by atoms with E-state index in [2.05, 4.69) is 21.8 Å². The van der Waals surface area contributed by atoms with Gasteiger partial charge in [0, 0.05) is 5.69 Å². The van der Waals surface area contributed by atoms with Crippen LogP contribution in [0.1, 0.15) is 28.1 Å². The maximum Gasteiger partial charge on any atom is 0.416 e. The van der Waals surface area contributed by atoms with Crippen LogP contribution in [0.25, 0.3) is 0 Å². The summed E-state index contributed by atoms with van der Waals surface area (Å²) in [7, 11) is 0. The first-order chi connectivity index (χ1) is 13.6. The molecule has 0 unspecified atom stereocenters. The molecule has 2 N–H and O–H groups in total. The standard InChI is InChI=1S/C21H21F3N4S/c1-13-7-4-5-8-16(13)12-28-15(3)19(14(2)27-28)26-20(29)25-18-10-6-9-17(11-18)21(22,23)24/h4-11H,12H2,1-3H3,(H2,25,26,29). The Labute approximate surface area is 172 Å². The SMILES string of the molecule is Cc1ccccc1Cn1nc(C)c(NC(=S)Nc2cccc(C(F)(F)F)c2)c1C. The van der Waals surface area contributed by atoms with Crippen LogP contribution < -0.4 is 10.6 Å².